The zero-order valence-electron chi connectivity index (χ0n) is 13.1. The van der Waals surface area contributed by atoms with Crippen LogP contribution in [0.2, 0.25) is 0 Å². The molecular weight excluding hydrogens is 250 g/mol. The van der Waals surface area contributed by atoms with Crippen molar-refractivity contribution in [3.63, 3.8) is 0 Å². The Balaban J connectivity index is 2.27. The number of carbonyl (C=O) groups excluding carboxylic acids is 1. The number of anilines is 1. The standard InChI is InChI=1S/C16H27N3O/c1-5-18-16(2,3)15(20)17-12-9-13-19(4)14-10-7-6-8-11-14/h6-8,10-11,18H,5,9,12-13H2,1-4H3,(H,17,20). The molecule has 0 heterocycles. The van der Waals surface area contributed by atoms with Crippen LogP contribution in [0.1, 0.15) is 27.2 Å². The highest BCUT2D eigenvalue weighted by atomic mass is 16.2. The van der Waals surface area contributed by atoms with Crippen molar-refractivity contribution in [3.05, 3.63) is 30.3 Å². The van der Waals surface area contributed by atoms with Gasteiger partial charge in [-0.05, 0) is 38.9 Å². The average Bonchev–Trinajstić information content (AvgIpc) is 2.44. The number of nitrogens with zero attached hydrogens (tertiary/aromatic N) is 1. The molecule has 0 aromatic heterocycles. The highest BCUT2D eigenvalue weighted by Gasteiger charge is 2.25. The molecule has 0 aliphatic rings. The summed E-state index contributed by atoms with van der Waals surface area (Å²) < 4.78 is 0. The number of carbonyl (C=O) groups is 1. The molecule has 112 valence electrons. The Labute approximate surface area is 122 Å². The Kier molecular flexibility index (Phi) is 6.52. The van der Waals surface area contributed by atoms with Gasteiger partial charge in [0.25, 0.3) is 0 Å². The molecule has 0 spiro atoms. The van der Waals surface area contributed by atoms with Gasteiger partial charge in [-0.2, -0.15) is 0 Å². The van der Waals surface area contributed by atoms with Gasteiger partial charge < -0.3 is 15.5 Å². The van der Waals surface area contributed by atoms with Crippen molar-refractivity contribution in [3.8, 4) is 0 Å². The summed E-state index contributed by atoms with van der Waals surface area (Å²) in [7, 11) is 2.07. The number of hydrogen-bond donors (Lipinski definition) is 2. The molecule has 1 amide bonds. The van der Waals surface area contributed by atoms with Gasteiger partial charge in [-0.3, -0.25) is 4.79 Å². The van der Waals surface area contributed by atoms with Gasteiger partial charge in [0, 0.05) is 25.8 Å². The largest absolute Gasteiger partial charge is 0.375 e. The summed E-state index contributed by atoms with van der Waals surface area (Å²) in [4.78, 5) is 14.2. The molecule has 0 saturated carbocycles. The summed E-state index contributed by atoms with van der Waals surface area (Å²) in [5.74, 6) is 0.0571. The summed E-state index contributed by atoms with van der Waals surface area (Å²) in [5.41, 5.74) is 0.701. The van der Waals surface area contributed by atoms with Gasteiger partial charge in [0.1, 0.15) is 0 Å². The molecule has 20 heavy (non-hydrogen) atoms. The maximum absolute atomic E-state index is 12.0. The first-order valence-corrected chi connectivity index (χ1v) is 7.27. The monoisotopic (exact) mass is 277 g/mol. The Morgan fingerprint density at radius 2 is 1.90 bits per heavy atom. The maximum atomic E-state index is 12.0. The summed E-state index contributed by atoms with van der Waals surface area (Å²) in [6, 6.07) is 10.3. The van der Waals surface area contributed by atoms with Gasteiger partial charge in [0.15, 0.2) is 0 Å². The van der Waals surface area contributed by atoms with E-state index in [2.05, 4.69) is 34.7 Å². The second kappa shape index (κ2) is 7.90. The van der Waals surface area contributed by atoms with E-state index in [0.717, 1.165) is 19.5 Å². The molecule has 1 aromatic carbocycles. The third-order valence-electron chi connectivity index (χ3n) is 3.34. The van der Waals surface area contributed by atoms with Gasteiger partial charge in [-0.15, -0.1) is 0 Å². The highest BCUT2D eigenvalue weighted by molar-refractivity contribution is 5.85. The fourth-order valence-corrected chi connectivity index (χ4v) is 2.07. The number of likely N-dealkylation sites (N-methyl/N-ethyl adjacent to an activating group) is 1. The first-order chi connectivity index (χ1) is 9.47. The second-order valence-electron chi connectivity index (χ2n) is 5.52. The number of para-hydroxylation sites is 1. The lowest BCUT2D eigenvalue weighted by Gasteiger charge is -2.25. The molecular formula is C16H27N3O. The molecule has 0 aliphatic heterocycles. The Hall–Kier alpha value is -1.55. The van der Waals surface area contributed by atoms with Crippen molar-refractivity contribution in [2.45, 2.75) is 32.7 Å². The highest BCUT2D eigenvalue weighted by Crippen LogP contribution is 2.10. The van der Waals surface area contributed by atoms with Gasteiger partial charge in [0.2, 0.25) is 5.91 Å². The maximum Gasteiger partial charge on any atom is 0.239 e. The van der Waals surface area contributed by atoms with Gasteiger partial charge in [0.05, 0.1) is 5.54 Å². The van der Waals surface area contributed by atoms with Crippen LogP contribution in [0.15, 0.2) is 30.3 Å². The Morgan fingerprint density at radius 1 is 1.25 bits per heavy atom. The molecule has 0 bridgehead atoms. The number of amides is 1. The zero-order valence-corrected chi connectivity index (χ0v) is 13.1. The van der Waals surface area contributed by atoms with Crippen molar-refractivity contribution in [2.24, 2.45) is 0 Å². The van der Waals surface area contributed by atoms with Crippen molar-refractivity contribution >= 4 is 11.6 Å². The first-order valence-electron chi connectivity index (χ1n) is 7.27. The van der Waals surface area contributed by atoms with Crippen LogP contribution in [-0.4, -0.2) is 38.1 Å². The summed E-state index contributed by atoms with van der Waals surface area (Å²) in [5, 5.41) is 6.16. The molecule has 0 unspecified atom stereocenters. The first kappa shape index (κ1) is 16.5. The Bertz CT molecular complexity index is 403. The lowest BCUT2D eigenvalue weighted by atomic mass is 10.0. The predicted molar refractivity (Wildman–Crippen MR) is 85.1 cm³/mol. The lowest BCUT2D eigenvalue weighted by molar-refractivity contribution is -0.126. The van der Waals surface area contributed by atoms with Crippen LogP contribution in [0.4, 0.5) is 5.69 Å². The smallest absolute Gasteiger partial charge is 0.239 e. The minimum Gasteiger partial charge on any atom is -0.375 e. The van der Waals surface area contributed by atoms with E-state index in [1.165, 1.54) is 5.69 Å². The minimum atomic E-state index is -0.500. The summed E-state index contributed by atoms with van der Waals surface area (Å²) >= 11 is 0. The molecule has 4 nitrogen and oxygen atoms in total. The Morgan fingerprint density at radius 3 is 2.50 bits per heavy atom. The lowest BCUT2D eigenvalue weighted by Crippen LogP contribution is -2.52. The van der Waals surface area contributed by atoms with E-state index in [1.807, 2.05) is 39.0 Å². The van der Waals surface area contributed by atoms with E-state index in [0.29, 0.717) is 6.54 Å². The minimum absolute atomic E-state index is 0.0571. The second-order valence-corrected chi connectivity index (χ2v) is 5.52. The number of hydrogen-bond acceptors (Lipinski definition) is 3. The van der Waals surface area contributed by atoms with Crippen LogP contribution in [0.25, 0.3) is 0 Å². The fraction of sp³-hybridized carbons (Fsp3) is 0.562. The SMILES string of the molecule is CCNC(C)(C)C(=O)NCCCN(C)c1ccccc1. The van der Waals surface area contributed by atoms with Crippen molar-refractivity contribution in [1.29, 1.82) is 0 Å². The molecule has 0 radical (unpaired) electrons. The van der Waals surface area contributed by atoms with Gasteiger partial charge in [-0.25, -0.2) is 0 Å². The van der Waals surface area contributed by atoms with Gasteiger partial charge >= 0.3 is 0 Å². The van der Waals surface area contributed by atoms with E-state index >= 15 is 0 Å². The third-order valence-corrected chi connectivity index (χ3v) is 3.34. The van der Waals surface area contributed by atoms with Gasteiger partial charge in [-0.1, -0.05) is 25.1 Å². The van der Waals surface area contributed by atoms with E-state index in [9.17, 15) is 4.79 Å². The zero-order chi connectivity index (χ0) is 15.0. The van der Waals surface area contributed by atoms with Crippen molar-refractivity contribution in [2.75, 3.05) is 31.6 Å². The van der Waals surface area contributed by atoms with Crippen LogP contribution >= 0.6 is 0 Å². The molecule has 0 aliphatic carbocycles. The van der Waals surface area contributed by atoms with Crippen LogP contribution in [-0.2, 0) is 4.79 Å². The summed E-state index contributed by atoms with van der Waals surface area (Å²) in [6.07, 6.45) is 0.930. The average molecular weight is 277 g/mol. The van der Waals surface area contributed by atoms with Crippen LogP contribution in [0, 0.1) is 0 Å². The third kappa shape index (κ3) is 5.21. The quantitative estimate of drug-likeness (QED) is 0.715. The number of nitrogens with one attached hydrogen (secondary N) is 2. The van der Waals surface area contributed by atoms with Crippen molar-refractivity contribution in [1.82, 2.24) is 10.6 Å². The topological polar surface area (TPSA) is 44.4 Å². The van der Waals surface area contributed by atoms with E-state index < -0.39 is 5.54 Å². The molecule has 0 fully saturated rings. The van der Waals surface area contributed by atoms with E-state index in [1.54, 1.807) is 0 Å². The molecule has 0 saturated heterocycles. The molecule has 1 aromatic rings. The molecule has 0 atom stereocenters. The normalized spacial score (nSPS) is 11.2. The number of rotatable bonds is 8. The summed E-state index contributed by atoms with van der Waals surface area (Å²) in [6.45, 7) is 8.22. The van der Waals surface area contributed by atoms with Crippen LogP contribution in [0.5, 0.6) is 0 Å². The fourth-order valence-electron chi connectivity index (χ4n) is 2.07. The van der Waals surface area contributed by atoms with Crippen molar-refractivity contribution < 1.29 is 4.79 Å². The molecule has 2 N–H and O–H groups in total. The molecule has 4 heteroatoms. The number of benzene rings is 1. The molecule has 1 rings (SSSR count). The predicted octanol–water partition coefficient (Wildman–Crippen LogP) is 2.02. The van der Waals surface area contributed by atoms with Crippen LogP contribution in [0.3, 0.4) is 0 Å². The van der Waals surface area contributed by atoms with Crippen LogP contribution < -0.4 is 15.5 Å². The van der Waals surface area contributed by atoms with E-state index in [4.69, 9.17) is 0 Å². The van der Waals surface area contributed by atoms with E-state index in [-0.39, 0.29) is 5.91 Å².